The summed E-state index contributed by atoms with van der Waals surface area (Å²) in [4.78, 5) is 32.3. The number of allylic oxidation sites excluding steroid dienone is 2. The van der Waals surface area contributed by atoms with Crippen molar-refractivity contribution in [2.75, 3.05) is 0 Å². The van der Waals surface area contributed by atoms with Crippen molar-refractivity contribution in [1.29, 1.82) is 0 Å². The van der Waals surface area contributed by atoms with Crippen LogP contribution in [-0.2, 0) is 14.3 Å². The molecule has 0 aromatic carbocycles. The Morgan fingerprint density at radius 3 is 2.71 bits per heavy atom. The third kappa shape index (κ3) is 0.795. The lowest BCUT2D eigenvalue weighted by atomic mass is 9.83. The Labute approximate surface area is 78.0 Å². The fourth-order valence-corrected chi connectivity index (χ4v) is 1.57. The number of cyclic esters (lactones) is 2. The molecule has 0 saturated carbocycles. The molecule has 2 rings (SSSR count). The molecule has 14 heavy (non-hydrogen) atoms. The molecule has 1 heterocycles. The molecular weight excluding hydrogens is 190 g/mol. The molecule has 1 aliphatic carbocycles. The first-order valence-electron chi connectivity index (χ1n) is 3.85. The van der Waals surface area contributed by atoms with Crippen LogP contribution in [0, 0.1) is 16.0 Å². The number of hydrogen-bond donors (Lipinski definition) is 0. The molecule has 72 valence electrons. The van der Waals surface area contributed by atoms with Crippen molar-refractivity contribution in [1.82, 2.24) is 0 Å². The van der Waals surface area contributed by atoms with E-state index in [0.717, 1.165) is 6.08 Å². The third-order valence-electron chi connectivity index (χ3n) is 2.32. The van der Waals surface area contributed by atoms with Crippen molar-refractivity contribution in [3.8, 4) is 0 Å². The average Bonchev–Trinajstić information content (AvgIpc) is 2.41. The maximum atomic E-state index is 11.2. The first-order valence-corrected chi connectivity index (χ1v) is 3.85. The molecule has 0 N–H and O–H groups in total. The molecule has 1 aliphatic heterocycles. The Bertz CT molecular complexity index is 397. The number of carbonyl (C=O) groups excluding carboxylic acids is 2. The van der Waals surface area contributed by atoms with Crippen LogP contribution in [0.2, 0.25) is 0 Å². The highest BCUT2D eigenvalue weighted by atomic mass is 16.7. The van der Waals surface area contributed by atoms with Crippen LogP contribution in [0.3, 0.4) is 0 Å². The summed E-state index contributed by atoms with van der Waals surface area (Å²) in [6.45, 7) is 0. The summed E-state index contributed by atoms with van der Waals surface area (Å²) < 4.78 is 4.25. The first kappa shape index (κ1) is 8.61. The lowest BCUT2D eigenvalue weighted by Crippen LogP contribution is -2.47. The van der Waals surface area contributed by atoms with Gasteiger partial charge in [0.05, 0.1) is 0 Å². The van der Waals surface area contributed by atoms with Crippen molar-refractivity contribution >= 4 is 11.9 Å². The minimum atomic E-state index is -2.04. The van der Waals surface area contributed by atoms with Gasteiger partial charge in [-0.15, -0.1) is 0 Å². The second kappa shape index (κ2) is 2.50. The zero-order valence-corrected chi connectivity index (χ0v) is 6.88. The molecule has 2 aliphatic rings. The van der Waals surface area contributed by atoms with E-state index in [0.29, 0.717) is 0 Å². The van der Waals surface area contributed by atoms with Gasteiger partial charge < -0.3 is 4.74 Å². The second-order valence-corrected chi connectivity index (χ2v) is 3.01. The van der Waals surface area contributed by atoms with Crippen molar-refractivity contribution in [3.63, 3.8) is 0 Å². The Morgan fingerprint density at radius 2 is 2.14 bits per heavy atom. The number of nitro groups is 1. The van der Waals surface area contributed by atoms with Crippen LogP contribution >= 0.6 is 0 Å². The van der Waals surface area contributed by atoms with E-state index >= 15 is 0 Å². The predicted octanol–water partition coefficient (Wildman–Crippen LogP) is -0.173. The number of fused-ring (bicyclic) bond motifs is 1. The fraction of sp³-hybridized carbons (Fsp3) is 0.250. The summed E-state index contributed by atoms with van der Waals surface area (Å²) in [5, 5.41) is 10.8. The number of rotatable bonds is 1. The normalized spacial score (nSPS) is 34.1. The largest absolute Gasteiger partial charge is 0.398 e. The Hall–Kier alpha value is -1.98. The van der Waals surface area contributed by atoms with E-state index in [1.165, 1.54) is 18.2 Å². The van der Waals surface area contributed by atoms with Gasteiger partial charge in [0.25, 0.3) is 0 Å². The summed E-state index contributed by atoms with van der Waals surface area (Å²) in [7, 11) is 0. The standard InChI is InChI=1S/C8H5NO5/c10-6-5-3-1-2-4-8(5,9(12)13)7(11)14-6/h1-5H. The highest BCUT2D eigenvalue weighted by Gasteiger charge is 2.66. The minimum absolute atomic E-state index is 0.787. The molecule has 0 amide bonds. The molecule has 1 saturated heterocycles. The van der Waals surface area contributed by atoms with E-state index in [-0.39, 0.29) is 0 Å². The summed E-state index contributed by atoms with van der Waals surface area (Å²) >= 11 is 0. The van der Waals surface area contributed by atoms with Gasteiger partial charge in [0, 0.05) is 11.0 Å². The molecular formula is C8H5NO5. The fourth-order valence-electron chi connectivity index (χ4n) is 1.57. The van der Waals surface area contributed by atoms with E-state index < -0.39 is 28.3 Å². The van der Waals surface area contributed by atoms with Crippen molar-refractivity contribution in [3.05, 3.63) is 34.4 Å². The zero-order chi connectivity index (χ0) is 10.3. The quantitative estimate of drug-likeness (QED) is 0.251. The first-order chi connectivity index (χ1) is 6.59. The highest BCUT2D eigenvalue weighted by Crippen LogP contribution is 2.35. The van der Waals surface area contributed by atoms with E-state index in [4.69, 9.17) is 0 Å². The van der Waals surface area contributed by atoms with Crippen molar-refractivity contribution in [2.24, 2.45) is 5.92 Å². The van der Waals surface area contributed by atoms with Gasteiger partial charge in [-0.1, -0.05) is 18.2 Å². The van der Waals surface area contributed by atoms with Gasteiger partial charge in [0.2, 0.25) is 0 Å². The molecule has 0 radical (unpaired) electrons. The predicted molar refractivity (Wildman–Crippen MR) is 42.6 cm³/mol. The Kier molecular flexibility index (Phi) is 1.54. The number of nitrogens with zero attached hydrogens (tertiary/aromatic N) is 1. The van der Waals surface area contributed by atoms with Crippen LogP contribution in [0.15, 0.2) is 24.3 Å². The second-order valence-electron chi connectivity index (χ2n) is 3.01. The Morgan fingerprint density at radius 1 is 1.43 bits per heavy atom. The number of esters is 2. The van der Waals surface area contributed by atoms with Gasteiger partial charge >= 0.3 is 17.5 Å². The molecule has 2 unspecified atom stereocenters. The van der Waals surface area contributed by atoms with E-state index in [1.807, 2.05) is 0 Å². The third-order valence-corrected chi connectivity index (χ3v) is 2.32. The molecule has 6 nitrogen and oxygen atoms in total. The van der Waals surface area contributed by atoms with Gasteiger partial charge in [-0.2, -0.15) is 0 Å². The molecule has 2 atom stereocenters. The monoisotopic (exact) mass is 195 g/mol. The summed E-state index contributed by atoms with van der Waals surface area (Å²) in [6.07, 6.45) is 5.23. The average molecular weight is 195 g/mol. The lowest BCUT2D eigenvalue weighted by Gasteiger charge is -2.16. The van der Waals surface area contributed by atoms with Crippen molar-refractivity contribution < 1.29 is 19.2 Å². The van der Waals surface area contributed by atoms with Gasteiger partial charge in [0.1, 0.15) is 0 Å². The zero-order valence-electron chi connectivity index (χ0n) is 6.88. The molecule has 0 spiro atoms. The van der Waals surface area contributed by atoms with Gasteiger partial charge in [-0.25, -0.2) is 4.79 Å². The summed E-state index contributed by atoms with van der Waals surface area (Å²) in [5.41, 5.74) is -2.04. The number of ether oxygens (including phenoxy) is 1. The summed E-state index contributed by atoms with van der Waals surface area (Å²) in [6, 6.07) is 0. The molecule has 0 bridgehead atoms. The van der Waals surface area contributed by atoms with Crippen LogP contribution in [0.25, 0.3) is 0 Å². The van der Waals surface area contributed by atoms with Crippen LogP contribution in [0.1, 0.15) is 0 Å². The molecule has 1 fully saturated rings. The lowest BCUT2D eigenvalue weighted by molar-refractivity contribution is -0.542. The highest BCUT2D eigenvalue weighted by molar-refractivity contribution is 6.03. The van der Waals surface area contributed by atoms with E-state index in [1.54, 1.807) is 0 Å². The van der Waals surface area contributed by atoms with E-state index in [9.17, 15) is 19.7 Å². The maximum Gasteiger partial charge on any atom is 0.398 e. The molecule has 6 heteroatoms. The van der Waals surface area contributed by atoms with Crippen LogP contribution < -0.4 is 0 Å². The molecule has 0 aromatic heterocycles. The Balaban J connectivity index is 2.59. The topological polar surface area (TPSA) is 86.5 Å². The van der Waals surface area contributed by atoms with Crippen molar-refractivity contribution in [2.45, 2.75) is 5.54 Å². The smallest absolute Gasteiger partial charge is 0.387 e. The minimum Gasteiger partial charge on any atom is -0.387 e. The van der Waals surface area contributed by atoms with Gasteiger partial charge in [-0.05, 0) is 0 Å². The summed E-state index contributed by atoms with van der Waals surface area (Å²) in [5.74, 6) is -3.11. The number of carbonyl (C=O) groups is 2. The van der Waals surface area contributed by atoms with E-state index in [2.05, 4.69) is 4.74 Å². The SMILES string of the molecule is O=C1OC(=O)C2([N+](=O)[O-])C=CC=CC12. The maximum absolute atomic E-state index is 11.2. The van der Waals surface area contributed by atoms with Crippen LogP contribution in [0.5, 0.6) is 0 Å². The van der Waals surface area contributed by atoms with Gasteiger partial charge in [0.15, 0.2) is 5.92 Å². The van der Waals surface area contributed by atoms with Gasteiger partial charge in [-0.3, -0.25) is 14.9 Å². The number of hydrogen-bond acceptors (Lipinski definition) is 5. The van der Waals surface area contributed by atoms with Crippen LogP contribution in [0.4, 0.5) is 0 Å². The molecule has 0 aromatic rings. The van der Waals surface area contributed by atoms with Crippen LogP contribution in [-0.4, -0.2) is 22.4 Å².